The molecular formula is C14H14ClF2N3OS. The van der Waals surface area contributed by atoms with Gasteiger partial charge >= 0.3 is 0 Å². The summed E-state index contributed by atoms with van der Waals surface area (Å²) in [5.74, 6) is -0.664. The van der Waals surface area contributed by atoms with Gasteiger partial charge in [-0.05, 0) is 19.1 Å². The first-order valence-electron chi connectivity index (χ1n) is 6.46. The number of halogens is 3. The second-order valence-electron chi connectivity index (χ2n) is 4.49. The zero-order chi connectivity index (χ0) is 16.1. The van der Waals surface area contributed by atoms with Gasteiger partial charge in [0.05, 0.1) is 22.8 Å². The normalized spacial score (nSPS) is 12.4. The van der Waals surface area contributed by atoms with Crippen LogP contribution in [-0.4, -0.2) is 27.6 Å². The number of thioether (sulfide) groups is 1. The highest BCUT2D eigenvalue weighted by Gasteiger charge is 2.18. The van der Waals surface area contributed by atoms with Crippen LogP contribution < -0.4 is 5.32 Å². The van der Waals surface area contributed by atoms with E-state index in [2.05, 4.69) is 10.3 Å². The van der Waals surface area contributed by atoms with Crippen LogP contribution in [0.4, 0.5) is 14.5 Å². The highest BCUT2D eigenvalue weighted by atomic mass is 35.5. The summed E-state index contributed by atoms with van der Waals surface area (Å²) in [5, 5.41) is 3.06. The summed E-state index contributed by atoms with van der Waals surface area (Å²) >= 11 is 6.96. The number of imidazole rings is 1. The van der Waals surface area contributed by atoms with Crippen molar-refractivity contribution in [1.82, 2.24) is 9.55 Å². The van der Waals surface area contributed by atoms with Gasteiger partial charge in [0, 0.05) is 17.3 Å². The first kappa shape index (κ1) is 16.8. The van der Waals surface area contributed by atoms with Gasteiger partial charge in [0.1, 0.15) is 6.04 Å². The van der Waals surface area contributed by atoms with E-state index < -0.39 is 12.5 Å². The SMILES string of the molecule is CC(C(=O)Nc1cccc(Cl)c1SCC(F)F)n1ccnc1. The van der Waals surface area contributed by atoms with E-state index in [4.69, 9.17) is 11.6 Å². The van der Waals surface area contributed by atoms with E-state index in [0.29, 0.717) is 15.6 Å². The molecule has 1 aromatic carbocycles. The summed E-state index contributed by atoms with van der Waals surface area (Å²) in [5.41, 5.74) is 0.426. The number of aromatic nitrogens is 2. The first-order chi connectivity index (χ1) is 10.5. The van der Waals surface area contributed by atoms with Crippen molar-refractivity contribution in [1.29, 1.82) is 0 Å². The number of rotatable bonds is 6. The number of benzene rings is 1. The highest BCUT2D eigenvalue weighted by molar-refractivity contribution is 7.99. The number of carbonyl (C=O) groups is 1. The smallest absolute Gasteiger partial charge is 0.247 e. The Morgan fingerprint density at radius 1 is 1.50 bits per heavy atom. The van der Waals surface area contributed by atoms with Gasteiger partial charge in [0.2, 0.25) is 12.3 Å². The Bertz CT molecular complexity index is 637. The molecule has 1 unspecified atom stereocenters. The second-order valence-corrected chi connectivity index (χ2v) is 5.93. The molecule has 4 nitrogen and oxygen atoms in total. The van der Waals surface area contributed by atoms with Crippen LogP contribution in [0.5, 0.6) is 0 Å². The van der Waals surface area contributed by atoms with Crippen LogP contribution in [0.2, 0.25) is 5.02 Å². The van der Waals surface area contributed by atoms with Crippen LogP contribution in [0.15, 0.2) is 41.8 Å². The third-order valence-electron chi connectivity index (χ3n) is 2.93. The molecule has 0 aliphatic heterocycles. The molecule has 1 amide bonds. The Hall–Kier alpha value is -1.60. The van der Waals surface area contributed by atoms with Crippen LogP contribution in [0.1, 0.15) is 13.0 Å². The van der Waals surface area contributed by atoms with E-state index >= 15 is 0 Å². The minimum absolute atomic E-state index is 0.279. The largest absolute Gasteiger partial charge is 0.325 e. The molecule has 8 heteroatoms. The molecule has 0 saturated heterocycles. The van der Waals surface area contributed by atoms with Gasteiger partial charge in [-0.25, -0.2) is 13.8 Å². The number of nitrogens with zero attached hydrogens (tertiary/aromatic N) is 2. The monoisotopic (exact) mass is 345 g/mol. The average molecular weight is 346 g/mol. The minimum Gasteiger partial charge on any atom is -0.325 e. The molecule has 0 spiro atoms. The van der Waals surface area contributed by atoms with E-state index in [1.54, 1.807) is 42.1 Å². The summed E-state index contributed by atoms with van der Waals surface area (Å²) in [6, 6.07) is 4.42. The Labute approximate surface area is 135 Å². The number of amides is 1. The van der Waals surface area contributed by atoms with Crippen molar-refractivity contribution >= 4 is 35.0 Å². The molecule has 0 aliphatic rings. The predicted octanol–water partition coefficient (Wildman–Crippen LogP) is 4.09. The molecule has 118 valence electrons. The zero-order valence-corrected chi connectivity index (χ0v) is 13.2. The maximum Gasteiger partial charge on any atom is 0.247 e. The third kappa shape index (κ3) is 4.20. The lowest BCUT2D eigenvalue weighted by molar-refractivity contribution is -0.118. The number of alkyl halides is 2. The number of nitrogens with one attached hydrogen (secondary N) is 1. The fourth-order valence-corrected chi connectivity index (χ4v) is 2.88. The van der Waals surface area contributed by atoms with Gasteiger partial charge in [-0.15, -0.1) is 11.8 Å². The van der Waals surface area contributed by atoms with Crippen molar-refractivity contribution in [2.24, 2.45) is 0 Å². The topological polar surface area (TPSA) is 46.9 Å². The Balaban J connectivity index is 2.15. The number of hydrogen-bond donors (Lipinski definition) is 1. The van der Waals surface area contributed by atoms with E-state index in [9.17, 15) is 13.6 Å². The Morgan fingerprint density at radius 3 is 2.91 bits per heavy atom. The van der Waals surface area contributed by atoms with Crippen LogP contribution in [0.3, 0.4) is 0 Å². The third-order valence-corrected chi connectivity index (χ3v) is 4.50. The van der Waals surface area contributed by atoms with Crippen molar-refractivity contribution in [3.05, 3.63) is 41.9 Å². The fourth-order valence-electron chi connectivity index (χ4n) is 1.77. The number of hydrogen-bond acceptors (Lipinski definition) is 3. The van der Waals surface area contributed by atoms with Gasteiger partial charge in [-0.1, -0.05) is 17.7 Å². The van der Waals surface area contributed by atoms with Crippen LogP contribution >= 0.6 is 23.4 Å². The maximum atomic E-state index is 12.4. The average Bonchev–Trinajstić information content (AvgIpc) is 2.99. The maximum absolute atomic E-state index is 12.4. The van der Waals surface area contributed by atoms with Crippen molar-refractivity contribution < 1.29 is 13.6 Å². The van der Waals surface area contributed by atoms with Crippen molar-refractivity contribution in [2.75, 3.05) is 11.1 Å². The van der Waals surface area contributed by atoms with E-state index in [1.807, 2.05) is 0 Å². The molecule has 0 aliphatic carbocycles. The molecule has 1 atom stereocenters. The van der Waals surface area contributed by atoms with Gasteiger partial charge in [0.25, 0.3) is 0 Å². The van der Waals surface area contributed by atoms with Crippen molar-refractivity contribution in [3.8, 4) is 0 Å². The molecule has 0 radical (unpaired) electrons. The fraction of sp³-hybridized carbons (Fsp3) is 0.286. The zero-order valence-electron chi connectivity index (χ0n) is 11.7. The molecule has 2 rings (SSSR count). The molecule has 1 heterocycles. The molecule has 0 bridgehead atoms. The summed E-state index contributed by atoms with van der Waals surface area (Å²) in [6.45, 7) is 1.72. The van der Waals surface area contributed by atoms with E-state index in [-0.39, 0.29) is 11.7 Å². The minimum atomic E-state index is -2.45. The molecule has 22 heavy (non-hydrogen) atoms. The number of carbonyl (C=O) groups excluding carboxylic acids is 1. The summed E-state index contributed by atoms with van der Waals surface area (Å²) in [6.07, 6.45) is 2.34. The molecule has 1 aromatic heterocycles. The first-order valence-corrected chi connectivity index (χ1v) is 7.83. The van der Waals surface area contributed by atoms with Crippen LogP contribution in [-0.2, 0) is 4.79 Å². The Kier molecular flexibility index (Phi) is 5.79. The van der Waals surface area contributed by atoms with Crippen LogP contribution in [0.25, 0.3) is 0 Å². The van der Waals surface area contributed by atoms with Gasteiger partial charge in [-0.2, -0.15) is 0 Å². The van der Waals surface area contributed by atoms with Crippen molar-refractivity contribution in [3.63, 3.8) is 0 Å². The number of anilines is 1. The van der Waals surface area contributed by atoms with Crippen LogP contribution in [0, 0.1) is 0 Å². The lowest BCUT2D eigenvalue weighted by Crippen LogP contribution is -2.23. The van der Waals surface area contributed by atoms with Gasteiger partial charge in [-0.3, -0.25) is 4.79 Å². The van der Waals surface area contributed by atoms with E-state index in [0.717, 1.165) is 11.8 Å². The quantitative estimate of drug-likeness (QED) is 0.802. The van der Waals surface area contributed by atoms with Gasteiger partial charge in [0.15, 0.2) is 0 Å². The van der Waals surface area contributed by atoms with Crippen molar-refractivity contribution in [2.45, 2.75) is 24.3 Å². The Morgan fingerprint density at radius 2 is 2.27 bits per heavy atom. The molecule has 1 N–H and O–H groups in total. The predicted molar refractivity (Wildman–Crippen MR) is 83.7 cm³/mol. The van der Waals surface area contributed by atoms with E-state index in [1.165, 1.54) is 6.33 Å². The standard InChI is InChI=1S/C14H14ClF2N3OS/c1-9(20-6-5-18-8-20)14(21)19-11-4-2-3-10(15)13(11)22-7-12(16)17/h2-6,8-9,12H,7H2,1H3,(H,19,21). The second kappa shape index (κ2) is 7.60. The lowest BCUT2D eigenvalue weighted by Gasteiger charge is -2.16. The molecule has 0 fully saturated rings. The summed E-state index contributed by atoms with van der Waals surface area (Å²) in [7, 11) is 0. The molecular weight excluding hydrogens is 332 g/mol. The summed E-state index contributed by atoms with van der Waals surface area (Å²) < 4.78 is 26.4. The molecule has 2 aromatic rings. The summed E-state index contributed by atoms with van der Waals surface area (Å²) in [4.78, 5) is 16.6. The van der Waals surface area contributed by atoms with Gasteiger partial charge < -0.3 is 9.88 Å². The highest BCUT2D eigenvalue weighted by Crippen LogP contribution is 2.35. The lowest BCUT2D eigenvalue weighted by atomic mass is 10.2. The molecule has 0 saturated carbocycles.